The van der Waals surface area contributed by atoms with Gasteiger partial charge in [0.1, 0.15) is 10.6 Å². The molecule has 1 unspecified atom stereocenters. The van der Waals surface area contributed by atoms with Crippen molar-refractivity contribution < 1.29 is 27.6 Å². The highest BCUT2D eigenvalue weighted by molar-refractivity contribution is 7.91. The molecule has 34 heavy (non-hydrogen) atoms. The van der Waals surface area contributed by atoms with E-state index in [1.807, 2.05) is 24.3 Å². The van der Waals surface area contributed by atoms with Crippen LogP contribution < -0.4 is 9.64 Å². The Morgan fingerprint density at radius 2 is 1.85 bits per heavy atom. The van der Waals surface area contributed by atoms with E-state index in [0.29, 0.717) is 39.2 Å². The number of ether oxygens (including phenoxy) is 2. The summed E-state index contributed by atoms with van der Waals surface area (Å²) < 4.78 is 36.2. The van der Waals surface area contributed by atoms with Gasteiger partial charge in [0.15, 0.2) is 9.84 Å². The van der Waals surface area contributed by atoms with E-state index in [0.717, 1.165) is 23.9 Å². The lowest BCUT2D eigenvalue weighted by molar-refractivity contribution is -0.387. The monoisotopic (exact) mass is 489 g/mol. The Hall–Kier alpha value is -3.18. The number of carbonyl (C=O) groups is 1. The van der Waals surface area contributed by atoms with Crippen LogP contribution in [-0.4, -0.2) is 75.9 Å². The van der Waals surface area contributed by atoms with Crippen molar-refractivity contribution >= 4 is 27.1 Å². The maximum atomic E-state index is 13.0. The number of nitrogens with zero attached hydrogens (tertiary/aromatic N) is 3. The molecule has 2 saturated heterocycles. The quantitative estimate of drug-likeness (QED) is 0.430. The highest BCUT2D eigenvalue weighted by Crippen LogP contribution is 2.29. The third kappa shape index (κ3) is 5.15. The number of sulfone groups is 1. The van der Waals surface area contributed by atoms with Crippen LogP contribution in [0.25, 0.3) is 0 Å². The van der Waals surface area contributed by atoms with Crippen LogP contribution in [0.1, 0.15) is 23.2 Å². The Morgan fingerprint density at radius 1 is 1.15 bits per heavy atom. The predicted octanol–water partition coefficient (Wildman–Crippen LogP) is 2.52. The molecule has 2 aliphatic heterocycles. The van der Waals surface area contributed by atoms with E-state index in [-0.39, 0.29) is 22.1 Å². The number of hydrogen-bond donors (Lipinski definition) is 0. The molecule has 2 heterocycles. The first-order valence-corrected chi connectivity index (χ1v) is 12.7. The van der Waals surface area contributed by atoms with E-state index in [2.05, 4.69) is 4.90 Å². The molecule has 2 fully saturated rings. The molecule has 0 aromatic heterocycles. The van der Waals surface area contributed by atoms with Crippen LogP contribution in [0.5, 0.6) is 5.75 Å². The second-order valence-corrected chi connectivity index (χ2v) is 10.3. The summed E-state index contributed by atoms with van der Waals surface area (Å²) >= 11 is 0. The molecular formula is C23H27N3O7S. The summed E-state index contributed by atoms with van der Waals surface area (Å²) in [5.74, 6) is 0.0926. The minimum Gasteiger partial charge on any atom is -0.497 e. The van der Waals surface area contributed by atoms with E-state index < -0.39 is 26.6 Å². The smallest absolute Gasteiger partial charge is 0.288 e. The topological polar surface area (TPSA) is 119 Å². The van der Waals surface area contributed by atoms with Crippen LogP contribution in [0.4, 0.5) is 11.4 Å². The number of anilines is 1. The number of nitro groups is 1. The molecule has 1 amide bonds. The zero-order valence-electron chi connectivity index (χ0n) is 18.9. The Morgan fingerprint density at radius 3 is 2.44 bits per heavy atom. The molecule has 0 bridgehead atoms. The first-order valence-electron chi connectivity index (χ1n) is 11.1. The van der Waals surface area contributed by atoms with Gasteiger partial charge in [-0.15, -0.1) is 0 Å². The molecule has 11 heteroatoms. The van der Waals surface area contributed by atoms with Gasteiger partial charge < -0.3 is 19.3 Å². The first kappa shape index (κ1) is 24.0. The van der Waals surface area contributed by atoms with Gasteiger partial charge in [0.25, 0.3) is 11.6 Å². The molecule has 4 rings (SSSR count). The summed E-state index contributed by atoms with van der Waals surface area (Å²) in [5, 5.41) is 11.7. The number of rotatable bonds is 7. The van der Waals surface area contributed by atoms with Crippen LogP contribution in [0.15, 0.2) is 47.4 Å². The Labute approximate surface area is 198 Å². The number of hydrogen-bond acceptors (Lipinski definition) is 8. The van der Waals surface area contributed by atoms with Crippen LogP contribution in [0, 0.1) is 10.1 Å². The molecule has 1 atom stereocenters. The van der Waals surface area contributed by atoms with Gasteiger partial charge in [-0.2, -0.15) is 0 Å². The Balaban J connectivity index is 1.47. The van der Waals surface area contributed by atoms with Gasteiger partial charge in [-0.25, -0.2) is 8.42 Å². The number of carbonyl (C=O) groups excluding carboxylic acids is 1. The summed E-state index contributed by atoms with van der Waals surface area (Å²) in [7, 11) is -2.33. The first-order chi connectivity index (χ1) is 16.3. The van der Waals surface area contributed by atoms with Crippen LogP contribution in [0.2, 0.25) is 0 Å². The lowest BCUT2D eigenvalue weighted by Crippen LogP contribution is -2.48. The second kappa shape index (κ2) is 9.98. The number of benzene rings is 2. The number of nitro benzene ring substituents is 1. The van der Waals surface area contributed by atoms with E-state index in [4.69, 9.17) is 9.47 Å². The standard InChI is InChI=1S/C23H27N3O7S/c1-32-19-7-5-18(6-8-19)24-10-12-25(13-11-24)23(27)17-4-9-22(21(15-17)26(28)29)34(30,31)16-20-3-2-14-33-20/h4-9,15,20H,2-3,10-14,16H2,1H3. The fraction of sp³-hybridized carbons (Fsp3) is 0.435. The molecule has 0 radical (unpaired) electrons. The molecule has 10 nitrogen and oxygen atoms in total. The Bertz CT molecular complexity index is 1150. The summed E-state index contributed by atoms with van der Waals surface area (Å²) in [5.41, 5.74) is 0.533. The van der Waals surface area contributed by atoms with Crippen molar-refractivity contribution in [1.82, 2.24) is 4.90 Å². The van der Waals surface area contributed by atoms with Crippen molar-refractivity contribution in [3.63, 3.8) is 0 Å². The van der Waals surface area contributed by atoms with Crippen molar-refractivity contribution in [1.29, 1.82) is 0 Å². The maximum absolute atomic E-state index is 13.0. The van der Waals surface area contributed by atoms with Crippen molar-refractivity contribution in [3.8, 4) is 5.75 Å². The minimum atomic E-state index is -3.94. The second-order valence-electron chi connectivity index (χ2n) is 8.33. The van der Waals surface area contributed by atoms with E-state index in [1.54, 1.807) is 12.0 Å². The minimum absolute atomic E-state index is 0.0978. The number of piperazine rings is 1. The Kier molecular flexibility index (Phi) is 7.03. The number of amides is 1. The summed E-state index contributed by atoms with van der Waals surface area (Å²) in [6.45, 7) is 2.58. The average Bonchev–Trinajstić information content (AvgIpc) is 3.35. The molecule has 0 N–H and O–H groups in total. The van der Waals surface area contributed by atoms with Gasteiger partial charge in [0.05, 0.1) is 23.9 Å². The molecule has 182 valence electrons. The van der Waals surface area contributed by atoms with E-state index >= 15 is 0 Å². The highest BCUT2D eigenvalue weighted by atomic mass is 32.2. The molecule has 0 spiro atoms. The summed E-state index contributed by atoms with van der Waals surface area (Å²) in [6.07, 6.45) is 0.904. The predicted molar refractivity (Wildman–Crippen MR) is 125 cm³/mol. The fourth-order valence-electron chi connectivity index (χ4n) is 4.31. The highest BCUT2D eigenvalue weighted by Gasteiger charge is 2.32. The molecule has 0 aliphatic carbocycles. The van der Waals surface area contributed by atoms with Gasteiger partial charge in [-0.1, -0.05) is 0 Å². The van der Waals surface area contributed by atoms with Crippen molar-refractivity contribution in [3.05, 3.63) is 58.1 Å². The molecule has 0 saturated carbocycles. The molecular weight excluding hydrogens is 462 g/mol. The lowest BCUT2D eigenvalue weighted by Gasteiger charge is -2.36. The van der Waals surface area contributed by atoms with Gasteiger partial charge in [0, 0.05) is 50.1 Å². The van der Waals surface area contributed by atoms with E-state index in [9.17, 15) is 23.3 Å². The fourth-order valence-corrected chi connectivity index (χ4v) is 5.97. The zero-order valence-corrected chi connectivity index (χ0v) is 19.7. The third-order valence-corrected chi connectivity index (χ3v) is 8.00. The SMILES string of the molecule is COc1ccc(N2CCN(C(=O)c3ccc(S(=O)(=O)CC4CCCO4)c([N+](=O)[O-])c3)CC2)cc1. The van der Waals surface area contributed by atoms with Crippen molar-refractivity contribution in [2.24, 2.45) is 0 Å². The molecule has 2 aliphatic rings. The molecule has 2 aromatic carbocycles. The van der Waals surface area contributed by atoms with Crippen LogP contribution in [-0.2, 0) is 14.6 Å². The van der Waals surface area contributed by atoms with Gasteiger partial charge in [0.2, 0.25) is 0 Å². The van der Waals surface area contributed by atoms with Gasteiger partial charge in [-0.3, -0.25) is 14.9 Å². The van der Waals surface area contributed by atoms with Gasteiger partial charge >= 0.3 is 0 Å². The van der Waals surface area contributed by atoms with Gasteiger partial charge in [-0.05, 0) is 49.2 Å². The summed E-state index contributed by atoms with van der Waals surface area (Å²) in [4.78, 5) is 27.4. The van der Waals surface area contributed by atoms with Crippen molar-refractivity contribution in [2.45, 2.75) is 23.8 Å². The third-order valence-electron chi connectivity index (χ3n) is 6.17. The number of methoxy groups -OCH3 is 1. The maximum Gasteiger partial charge on any atom is 0.288 e. The van der Waals surface area contributed by atoms with Crippen LogP contribution >= 0.6 is 0 Å². The average molecular weight is 490 g/mol. The lowest BCUT2D eigenvalue weighted by atomic mass is 10.1. The van der Waals surface area contributed by atoms with Crippen molar-refractivity contribution in [2.75, 3.05) is 50.5 Å². The normalized spacial score (nSPS) is 18.7. The molecule has 2 aromatic rings. The zero-order chi connectivity index (χ0) is 24.3. The van der Waals surface area contributed by atoms with E-state index in [1.165, 1.54) is 12.1 Å². The summed E-state index contributed by atoms with van der Waals surface area (Å²) in [6, 6.07) is 11.3. The van der Waals surface area contributed by atoms with Crippen LogP contribution in [0.3, 0.4) is 0 Å². The largest absolute Gasteiger partial charge is 0.497 e.